The number of hydrogen-bond donors (Lipinski definition) is 3. The van der Waals surface area contributed by atoms with Gasteiger partial charge in [0.2, 0.25) is 0 Å². The van der Waals surface area contributed by atoms with Crippen molar-refractivity contribution in [2.24, 2.45) is 5.92 Å². The van der Waals surface area contributed by atoms with E-state index in [1.807, 2.05) is 0 Å². The number of rotatable bonds is 10. The van der Waals surface area contributed by atoms with Crippen molar-refractivity contribution in [1.29, 1.82) is 0 Å². The molecule has 132 valence electrons. The van der Waals surface area contributed by atoms with Gasteiger partial charge in [0.1, 0.15) is 0 Å². The molecule has 0 amide bonds. The van der Waals surface area contributed by atoms with E-state index in [0.29, 0.717) is 0 Å². The van der Waals surface area contributed by atoms with Crippen LogP contribution in [0, 0.1) is 5.92 Å². The molecule has 0 aromatic heterocycles. The van der Waals surface area contributed by atoms with Crippen LogP contribution in [0.1, 0.15) is 65.7 Å². The summed E-state index contributed by atoms with van der Waals surface area (Å²) < 4.78 is 28.7. The van der Waals surface area contributed by atoms with Crippen molar-refractivity contribution < 1.29 is 32.8 Å². The zero-order valence-electron chi connectivity index (χ0n) is 13.5. The molecule has 3 N–H and O–H groups in total. The molecule has 0 saturated carbocycles. The van der Waals surface area contributed by atoms with Crippen LogP contribution in [-0.4, -0.2) is 40.4 Å². The monoisotopic (exact) mass is 340 g/mol. The predicted octanol–water partition coefficient (Wildman–Crippen LogP) is 2.80. The fourth-order valence-corrected chi connectivity index (χ4v) is 2.47. The number of hydrogen-bond acceptors (Lipinski definition) is 4. The Bertz CT molecular complexity index is 413. The van der Waals surface area contributed by atoms with E-state index in [-0.39, 0.29) is 0 Å². The molecule has 0 aliphatic carbocycles. The van der Waals surface area contributed by atoms with Gasteiger partial charge in [0, 0.05) is 0 Å². The van der Waals surface area contributed by atoms with Crippen molar-refractivity contribution in [2.45, 2.75) is 71.0 Å². The van der Waals surface area contributed by atoms with E-state index in [1.165, 1.54) is 38.5 Å². The smallest absolute Gasteiger partial charge is 0.325 e. The zero-order chi connectivity index (χ0) is 17.8. The molecule has 0 spiro atoms. The highest BCUT2D eigenvalue weighted by atomic mass is 32.2. The van der Waals surface area contributed by atoms with Crippen LogP contribution in [0.15, 0.2) is 0 Å². The molecule has 0 heterocycles. The van der Waals surface area contributed by atoms with Crippen LogP contribution in [0.2, 0.25) is 0 Å². The molecular formula is C14H28O7S. The van der Waals surface area contributed by atoms with Crippen LogP contribution in [-0.2, 0) is 19.7 Å². The van der Waals surface area contributed by atoms with E-state index >= 15 is 0 Å². The summed E-state index contributed by atoms with van der Waals surface area (Å²) in [6.07, 6.45) is 7.29. The Kier molecular flexibility index (Phi) is 13.0. The minimum absolute atomic E-state index is 1.01. The molecule has 22 heavy (non-hydrogen) atoms. The van der Waals surface area contributed by atoms with Crippen molar-refractivity contribution in [2.75, 3.05) is 0 Å². The van der Waals surface area contributed by atoms with Gasteiger partial charge in [0.25, 0.3) is 10.1 Å². The molecule has 0 saturated heterocycles. The van der Waals surface area contributed by atoms with Crippen LogP contribution in [0.4, 0.5) is 0 Å². The first-order chi connectivity index (χ1) is 10.1. The van der Waals surface area contributed by atoms with Crippen LogP contribution in [0.25, 0.3) is 0 Å². The topological polar surface area (TPSA) is 129 Å². The van der Waals surface area contributed by atoms with Crippen molar-refractivity contribution in [3.05, 3.63) is 0 Å². The number of unbranched alkanes of at least 4 members (excludes halogenated alkanes) is 2. The van der Waals surface area contributed by atoms with Crippen molar-refractivity contribution >= 4 is 22.1 Å². The molecule has 0 radical (unpaired) electrons. The summed E-state index contributed by atoms with van der Waals surface area (Å²) in [5, 5.41) is 13.9. The van der Waals surface area contributed by atoms with Crippen molar-refractivity contribution in [1.82, 2.24) is 0 Å². The van der Waals surface area contributed by atoms with Gasteiger partial charge in [0.05, 0.1) is 6.42 Å². The summed E-state index contributed by atoms with van der Waals surface area (Å²) in [6, 6.07) is 0. The second-order valence-corrected chi connectivity index (χ2v) is 6.72. The van der Waals surface area contributed by atoms with Gasteiger partial charge in [-0.2, -0.15) is 8.42 Å². The van der Waals surface area contributed by atoms with E-state index < -0.39 is 33.7 Å². The van der Waals surface area contributed by atoms with E-state index in [2.05, 4.69) is 20.8 Å². The number of aliphatic carboxylic acids is 2. The number of carboxylic acids is 2. The quantitative estimate of drug-likeness (QED) is 0.412. The van der Waals surface area contributed by atoms with Gasteiger partial charge in [-0.3, -0.25) is 14.1 Å². The Balaban J connectivity index is 0. The highest BCUT2D eigenvalue weighted by molar-refractivity contribution is 7.87. The number of carbonyl (C=O) groups is 2. The minimum Gasteiger partial charge on any atom is -0.481 e. The third kappa shape index (κ3) is 12.6. The molecule has 0 bridgehead atoms. The lowest BCUT2D eigenvalue weighted by Crippen LogP contribution is -2.31. The van der Waals surface area contributed by atoms with Gasteiger partial charge in [-0.15, -0.1) is 0 Å². The first-order valence-electron chi connectivity index (χ1n) is 7.50. The lowest BCUT2D eigenvalue weighted by atomic mass is 9.96. The lowest BCUT2D eigenvalue weighted by molar-refractivity contribution is -0.143. The average Bonchev–Trinajstić information content (AvgIpc) is 2.40. The Hall–Kier alpha value is -1.15. The fraction of sp³-hybridized carbons (Fsp3) is 0.857. The first kappa shape index (κ1) is 23.1. The fourth-order valence-electron chi connectivity index (χ4n) is 1.86. The molecule has 0 aromatic carbocycles. The predicted molar refractivity (Wildman–Crippen MR) is 83.4 cm³/mol. The van der Waals surface area contributed by atoms with Crippen molar-refractivity contribution in [3.63, 3.8) is 0 Å². The van der Waals surface area contributed by atoms with Gasteiger partial charge in [-0.25, -0.2) is 0 Å². The standard InChI is InChI=1S/C10H22.C4H6O7S/c1-4-7-8-9-10(5-2)6-3;5-3(6)1-2(4(7)8)12(9,10)11/h10H,4-9H2,1-3H3;2H,1H2,(H,5,6)(H,7,8)(H,9,10,11). The molecule has 8 heteroatoms. The van der Waals surface area contributed by atoms with E-state index in [0.717, 1.165) is 5.92 Å². The highest BCUT2D eigenvalue weighted by Gasteiger charge is 2.33. The largest absolute Gasteiger partial charge is 0.481 e. The maximum atomic E-state index is 10.2. The summed E-state index contributed by atoms with van der Waals surface area (Å²) >= 11 is 0. The van der Waals surface area contributed by atoms with Crippen LogP contribution in [0.5, 0.6) is 0 Å². The van der Waals surface area contributed by atoms with Gasteiger partial charge in [0.15, 0.2) is 5.25 Å². The summed E-state index contributed by atoms with van der Waals surface area (Å²) in [4.78, 5) is 20.0. The first-order valence-corrected chi connectivity index (χ1v) is 9.01. The van der Waals surface area contributed by atoms with Crippen LogP contribution in [0.3, 0.4) is 0 Å². The molecule has 0 fully saturated rings. The van der Waals surface area contributed by atoms with Gasteiger partial charge in [-0.05, 0) is 5.92 Å². The van der Waals surface area contributed by atoms with Gasteiger partial charge < -0.3 is 10.2 Å². The van der Waals surface area contributed by atoms with Crippen molar-refractivity contribution in [3.8, 4) is 0 Å². The normalized spacial score (nSPS) is 12.4. The van der Waals surface area contributed by atoms with Gasteiger partial charge >= 0.3 is 11.9 Å². The van der Waals surface area contributed by atoms with Gasteiger partial charge in [-0.1, -0.05) is 59.3 Å². The van der Waals surface area contributed by atoms with E-state index in [1.54, 1.807) is 0 Å². The third-order valence-corrected chi connectivity index (χ3v) is 4.45. The molecule has 1 atom stereocenters. The second-order valence-electron chi connectivity index (χ2n) is 5.12. The Morgan fingerprint density at radius 2 is 1.50 bits per heavy atom. The van der Waals surface area contributed by atoms with E-state index in [9.17, 15) is 18.0 Å². The zero-order valence-corrected chi connectivity index (χ0v) is 14.3. The highest BCUT2D eigenvalue weighted by Crippen LogP contribution is 2.16. The minimum atomic E-state index is -4.84. The molecule has 0 aliphatic heterocycles. The number of carboxylic acid groups (broad SMARTS) is 2. The molecule has 7 nitrogen and oxygen atoms in total. The SMILES string of the molecule is CCCCCC(CC)CC.O=C(O)CC(C(=O)O)S(=O)(=O)O. The van der Waals surface area contributed by atoms with E-state index in [4.69, 9.17) is 14.8 Å². The maximum absolute atomic E-state index is 10.2. The molecule has 1 unspecified atom stereocenters. The third-order valence-electron chi connectivity index (χ3n) is 3.37. The van der Waals surface area contributed by atoms with Crippen LogP contribution < -0.4 is 0 Å². The maximum Gasteiger partial charge on any atom is 0.325 e. The lowest BCUT2D eigenvalue weighted by Gasteiger charge is -2.10. The molecule has 0 aliphatic rings. The molecule has 0 aromatic rings. The summed E-state index contributed by atoms with van der Waals surface area (Å²) in [5.41, 5.74) is 0. The second kappa shape index (κ2) is 12.4. The Morgan fingerprint density at radius 1 is 1.00 bits per heavy atom. The van der Waals surface area contributed by atoms with Crippen LogP contribution >= 0.6 is 0 Å². The average molecular weight is 340 g/mol. The summed E-state index contributed by atoms with van der Waals surface area (Å²) in [5.74, 6) is -2.49. The summed E-state index contributed by atoms with van der Waals surface area (Å²) in [6.45, 7) is 6.88. The summed E-state index contributed by atoms with van der Waals surface area (Å²) in [7, 11) is -4.84. The molecular weight excluding hydrogens is 312 g/mol. The molecule has 0 rings (SSSR count). The Labute approximate surface area is 132 Å². The Morgan fingerprint density at radius 3 is 1.73 bits per heavy atom.